The SMILES string of the molecule is Nc1c(Cl)c(Cl)[nH+]c(C(=O)N/N=C/c2ccccc2F)c1Cl. The Hall–Kier alpha value is -1.89. The minimum Gasteiger partial charge on any atom is -0.396 e. The number of pyridine rings is 1. The fourth-order valence-corrected chi connectivity index (χ4v) is 2.14. The molecule has 0 radical (unpaired) electrons. The van der Waals surface area contributed by atoms with E-state index in [9.17, 15) is 9.18 Å². The van der Waals surface area contributed by atoms with Crippen LogP contribution in [0, 0.1) is 5.82 Å². The molecular weight excluding hydrogens is 354 g/mol. The first-order valence-electron chi connectivity index (χ1n) is 5.85. The second kappa shape index (κ2) is 6.91. The second-order valence-electron chi connectivity index (χ2n) is 4.08. The van der Waals surface area contributed by atoms with E-state index >= 15 is 0 Å². The molecule has 0 aliphatic carbocycles. The van der Waals surface area contributed by atoms with E-state index < -0.39 is 11.7 Å². The van der Waals surface area contributed by atoms with Crippen molar-refractivity contribution in [2.24, 2.45) is 5.10 Å². The Morgan fingerprint density at radius 3 is 2.64 bits per heavy atom. The lowest BCUT2D eigenvalue weighted by atomic mass is 10.2. The number of hydrazone groups is 1. The van der Waals surface area contributed by atoms with E-state index in [1.54, 1.807) is 12.1 Å². The first-order chi connectivity index (χ1) is 10.4. The van der Waals surface area contributed by atoms with Gasteiger partial charge >= 0.3 is 5.91 Å². The summed E-state index contributed by atoms with van der Waals surface area (Å²) in [6, 6.07) is 5.95. The summed E-state index contributed by atoms with van der Waals surface area (Å²) in [7, 11) is 0. The number of carbonyl (C=O) groups is 1. The van der Waals surface area contributed by atoms with Gasteiger partial charge in [0.25, 0.3) is 10.8 Å². The summed E-state index contributed by atoms with van der Waals surface area (Å²) in [5.74, 6) is -1.17. The number of halogens is 4. The van der Waals surface area contributed by atoms with Gasteiger partial charge in [0.1, 0.15) is 15.9 Å². The van der Waals surface area contributed by atoms with Crippen LogP contribution >= 0.6 is 34.8 Å². The first kappa shape index (κ1) is 16.5. The molecule has 5 nitrogen and oxygen atoms in total. The van der Waals surface area contributed by atoms with Crippen LogP contribution in [0.5, 0.6) is 0 Å². The van der Waals surface area contributed by atoms with Crippen molar-refractivity contribution in [2.45, 2.75) is 0 Å². The predicted molar refractivity (Wildman–Crippen MR) is 83.9 cm³/mol. The van der Waals surface area contributed by atoms with Crippen molar-refractivity contribution in [2.75, 3.05) is 5.73 Å². The molecule has 4 N–H and O–H groups in total. The van der Waals surface area contributed by atoms with E-state index in [1.165, 1.54) is 12.1 Å². The van der Waals surface area contributed by atoms with Crippen LogP contribution in [0.4, 0.5) is 10.1 Å². The maximum absolute atomic E-state index is 13.4. The number of H-pyrrole nitrogens is 1. The number of nitrogens with two attached hydrogens (primary N) is 1. The molecule has 0 fully saturated rings. The minimum absolute atomic E-state index is 0.0121. The normalized spacial score (nSPS) is 10.9. The van der Waals surface area contributed by atoms with Gasteiger partial charge in [0, 0.05) is 5.56 Å². The molecule has 1 aromatic carbocycles. The summed E-state index contributed by atoms with van der Waals surface area (Å²) < 4.78 is 13.4. The quantitative estimate of drug-likeness (QED) is 0.500. The van der Waals surface area contributed by atoms with Crippen molar-refractivity contribution in [3.05, 3.63) is 56.5 Å². The molecule has 0 saturated heterocycles. The van der Waals surface area contributed by atoms with Gasteiger partial charge in [-0.2, -0.15) is 10.1 Å². The third kappa shape index (κ3) is 3.47. The maximum Gasteiger partial charge on any atom is 0.337 e. The highest BCUT2D eigenvalue weighted by atomic mass is 35.5. The smallest absolute Gasteiger partial charge is 0.337 e. The molecule has 0 atom stereocenters. The molecule has 0 spiro atoms. The van der Waals surface area contributed by atoms with Crippen LogP contribution in [0.1, 0.15) is 16.1 Å². The summed E-state index contributed by atoms with van der Waals surface area (Å²) >= 11 is 17.5. The fraction of sp³-hybridized carbons (Fsp3) is 0. The van der Waals surface area contributed by atoms with Crippen LogP contribution in [0.2, 0.25) is 15.2 Å². The number of aromatic amines is 1. The number of nitrogens with zero attached hydrogens (tertiary/aromatic N) is 1. The van der Waals surface area contributed by atoms with Crippen LogP contribution in [0.25, 0.3) is 0 Å². The average Bonchev–Trinajstić information content (AvgIpc) is 2.50. The number of amides is 1. The second-order valence-corrected chi connectivity index (χ2v) is 5.21. The minimum atomic E-state index is -0.706. The van der Waals surface area contributed by atoms with Crippen molar-refractivity contribution in [3.8, 4) is 0 Å². The Kier molecular flexibility index (Phi) is 5.18. The molecule has 9 heteroatoms. The van der Waals surface area contributed by atoms with E-state index in [2.05, 4.69) is 15.5 Å². The highest BCUT2D eigenvalue weighted by molar-refractivity contribution is 6.45. The zero-order valence-corrected chi connectivity index (χ0v) is 13.1. The molecular formula is C13H9Cl3FN4O+. The lowest BCUT2D eigenvalue weighted by molar-refractivity contribution is -0.379. The topological polar surface area (TPSA) is 81.6 Å². The van der Waals surface area contributed by atoms with Gasteiger partial charge in [-0.05, 0) is 17.7 Å². The molecule has 1 amide bonds. The van der Waals surface area contributed by atoms with Gasteiger partial charge in [-0.3, -0.25) is 4.79 Å². The van der Waals surface area contributed by atoms with E-state index in [-0.39, 0.29) is 32.1 Å². The van der Waals surface area contributed by atoms with E-state index in [1.807, 2.05) is 0 Å². The average molecular weight is 363 g/mol. The Morgan fingerprint density at radius 2 is 1.95 bits per heavy atom. The summed E-state index contributed by atoms with van der Waals surface area (Å²) in [5, 5.41) is 3.53. The molecule has 22 heavy (non-hydrogen) atoms. The van der Waals surface area contributed by atoms with Gasteiger partial charge in [0.15, 0.2) is 0 Å². The fourth-order valence-electron chi connectivity index (χ4n) is 1.52. The van der Waals surface area contributed by atoms with E-state index in [0.29, 0.717) is 0 Å². The molecule has 0 bridgehead atoms. The summed E-state index contributed by atoms with van der Waals surface area (Å²) in [5.41, 5.74) is 7.88. The number of benzene rings is 1. The lowest BCUT2D eigenvalue weighted by Gasteiger charge is -2.02. The molecule has 1 aromatic heterocycles. The van der Waals surface area contributed by atoms with Gasteiger partial charge in [-0.15, -0.1) is 0 Å². The molecule has 0 aliphatic rings. The standard InChI is InChI=1S/C13H8Cl3FN4O/c14-8-10(18)9(15)12(16)20-11(8)13(22)21-19-5-6-3-1-2-4-7(6)17/h1-5H,(H2,18,20)(H,21,22)/p+1/b19-5+. The Labute approximate surface area is 139 Å². The molecule has 2 rings (SSSR count). The summed E-state index contributed by atoms with van der Waals surface area (Å²) in [6.07, 6.45) is 1.15. The number of aromatic nitrogens is 1. The third-order valence-electron chi connectivity index (χ3n) is 2.62. The molecule has 0 aliphatic heterocycles. The Bertz CT molecular complexity index is 767. The van der Waals surface area contributed by atoms with Crippen LogP contribution in [0.15, 0.2) is 29.4 Å². The van der Waals surface area contributed by atoms with Gasteiger partial charge in [-0.25, -0.2) is 9.82 Å². The number of hydrogen-bond donors (Lipinski definition) is 2. The molecule has 2 aromatic rings. The Morgan fingerprint density at radius 1 is 1.27 bits per heavy atom. The number of rotatable bonds is 3. The van der Waals surface area contributed by atoms with Crippen LogP contribution in [-0.4, -0.2) is 12.1 Å². The summed E-state index contributed by atoms with van der Waals surface area (Å²) in [6.45, 7) is 0. The van der Waals surface area contributed by atoms with Gasteiger partial charge in [-0.1, -0.05) is 41.4 Å². The van der Waals surface area contributed by atoms with Gasteiger partial charge in [0.2, 0.25) is 0 Å². The number of nitrogens with one attached hydrogen (secondary N) is 2. The highest BCUT2D eigenvalue weighted by Crippen LogP contribution is 2.31. The molecule has 1 heterocycles. The monoisotopic (exact) mass is 361 g/mol. The van der Waals surface area contributed by atoms with Crippen molar-refractivity contribution in [3.63, 3.8) is 0 Å². The number of hydrogen-bond acceptors (Lipinski definition) is 3. The maximum atomic E-state index is 13.4. The van der Waals surface area contributed by atoms with Crippen molar-refractivity contribution >= 4 is 52.6 Å². The van der Waals surface area contributed by atoms with E-state index in [0.717, 1.165) is 6.21 Å². The third-order valence-corrected chi connectivity index (χ3v) is 3.79. The van der Waals surface area contributed by atoms with Crippen molar-refractivity contribution < 1.29 is 14.2 Å². The van der Waals surface area contributed by atoms with Crippen molar-refractivity contribution in [1.82, 2.24) is 5.43 Å². The summed E-state index contributed by atoms with van der Waals surface area (Å²) in [4.78, 5) is 14.5. The number of anilines is 1. The highest BCUT2D eigenvalue weighted by Gasteiger charge is 2.25. The van der Waals surface area contributed by atoms with Gasteiger partial charge < -0.3 is 5.73 Å². The van der Waals surface area contributed by atoms with Crippen LogP contribution < -0.4 is 16.1 Å². The zero-order valence-electron chi connectivity index (χ0n) is 10.8. The number of nitrogen functional groups attached to an aromatic ring is 1. The van der Waals surface area contributed by atoms with E-state index in [4.69, 9.17) is 40.5 Å². The van der Waals surface area contributed by atoms with Crippen molar-refractivity contribution in [1.29, 1.82) is 0 Å². The Balaban J connectivity index is 2.19. The molecule has 0 saturated carbocycles. The zero-order chi connectivity index (χ0) is 16.3. The largest absolute Gasteiger partial charge is 0.396 e. The predicted octanol–water partition coefficient (Wildman–Crippen LogP) is 2.95. The molecule has 114 valence electrons. The molecule has 0 unspecified atom stereocenters. The lowest BCUT2D eigenvalue weighted by Crippen LogP contribution is -2.28. The van der Waals surface area contributed by atoms with Crippen LogP contribution in [-0.2, 0) is 0 Å². The van der Waals surface area contributed by atoms with Crippen LogP contribution in [0.3, 0.4) is 0 Å². The first-order valence-corrected chi connectivity index (χ1v) is 6.98. The van der Waals surface area contributed by atoms with Gasteiger partial charge in [0.05, 0.1) is 11.9 Å². The number of carbonyl (C=O) groups excluding carboxylic acids is 1.